The lowest BCUT2D eigenvalue weighted by Gasteiger charge is -2.37. The maximum Gasteiger partial charge on any atom is 0.282 e. The van der Waals surface area contributed by atoms with Crippen LogP contribution in [0.2, 0.25) is 5.02 Å². The Morgan fingerprint density at radius 3 is 2.85 bits per heavy atom. The van der Waals surface area contributed by atoms with Gasteiger partial charge in [0.1, 0.15) is 5.56 Å². The van der Waals surface area contributed by atoms with Crippen molar-refractivity contribution < 1.29 is 9.72 Å². The number of carbonyl (C=O) groups excluding carboxylic acids is 1. The van der Waals surface area contributed by atoms with Crippen LogP contribution in [0.1, 0.15) is 24.2 Å². The Balaban J connectivity index is 2.37. The van der Waals surface area contributed by atoms with Crippen LogP contribution in [0.15, 0.2) is 18.2 Å². The molecule has 1 aromatic carbocycles. The molecule has 1 amide bonds. The van der Waals surface area contributed by atoms with Gasteiger partial charge >= 0.3 is 0 Å². The minimum atomic E-state index is -0.556. The fourth-order valence-corrected chi connectivity index (χ4v) is 2.47. The van der Waals surface area contributed by atoms with E-state index >= 15 is 0 Å². The molecule has 1 heterocycles. The highest BCUT2D eigenvalue weighted by molar-refractivity contribution is 6.31. The molecular formula is C13H16ClN3O3. The molecule has 0 saturated carbocycles. The molecule has 2 unspecified atom stereocenters. The molecule has 0 bridgehead atoms. The number of benzene rings is 1. The lowest BCUT2D eigenvalue weighted by atomic mass is 10.1. The summed E-state index contributed by atoms with van der Waals surface area (Å²) in [6, 6.07) is 4.19. The largest absolute Gasteiger partial charge is 0.333 e. The van der Waals surface area contributed by atoms with Crippen molar-refractivity contribution >= 4 is 23.2 Å². The van der Waals surface area contributed by atoms with Crippen molar-refractivity contribution in [3.8, 4) is 0 Å². The number of nitrogens with one attached hydrogen (secondary N) is 1. The molecular weight excluding hydrogens is 282 g/mol. The van der Waals surface area contributed by atoms with Crippen molar-refractivity contribution in [1.82, 2.24) is 10.2 Å². The Labute approximate surface area is 121 Å². The summed E-state index contributed by atoms with van der Waals surface area (Å²) in [6.07, 6.45) is 0. The van der Waals surface area contributed by atoms with E-state index in [4.69, 9.17) is 11.6 Å². The number of piperazine rings is 1. The molecule has 0 radical (unpaired) electrons. The fraction of sp³-hybridized carbons (Fsp3) is 0.462. The van der Waals surface area contributed by atoms with E-state index in [0.29, 0.717) is 18.1 Å². The van der Waals surface area contributed by atoms with Crippen LogP contribution >= 0.6 is 11.6 Å². The first-order chi connectivity index (χ1) is 9.40. The van der Waals surface area contributed by atoms with E-state index in [0.717, 1.165) is 0 Å². The Morgan fingerprint density at radius 1 is 1.50 bits per heavy atom. The topological polar surface area (TPSA) is 75.5 Å². The molecule has 6 nitrogen and oxygen atoms in total. The van der Waals surface area contributed by atoms with Crippen LogP contribution in [0.4, 0.5) is 5.69 Å². The zero-order valence-corrected chi connectivity index (χ0v) is 12.1. The first-order valence-electron chi connectivity index (χ1n) is 6.38. The molecule has 0 aliphatic carbocycles. The first kappa shape index (κ1) is 14.7. The highest BCUT2D eigenvalue weighted by atomic mass is 35.5. The van der Waals surface area contributed by atoms with Gasteiger partial charge in [0.05, 0.1) is 4.92 Å². The van der Waals surface area contributed by atoms with Gasteiger partial charge in [-0.3, -0.25) is 14.9 Å². The van der Waals surface area contributed by atoms with Gasteiger partial charge in [0, 0.05) is 36.3 Å². The van der Waals surface area contributed by atoms with Gasteiger partial charge in [-0.1, -0.05) is 11.6 Å². The van der Waals surface area contributed by atoms with Crippen molar-refractivity contribution in [3.63, 3.8) is 0 Å². The lowest BCUT2D eigenvalue weighted by molar-refractivity contribution is -0.385. The number of amides is 1. The normalized spacial score (nSPS) is 22.6. The van der Waals surface area contributed by atoms with Crippen LogP contribution in [-0.4, -0.2) is 40.9 Å². The van der Waals surface area contributed by atoms with E-state index in [2.05, 4.69) is 5.32 Å². The van der Waals surface area contributed by atoms with E-state index in [1.54, 1.807) is 4.90 Å². The van der Waals surface area contributed by atoms with Gasteiger partial charge in [0.2, 0.25) is 0 Å². The van der Waals surface area contributed by atoms with Gasteiger partial charge in [-0.25, -0.2) is 0 Å². The molecule has 1 saturated heterocycles. The number of nitro groups is 1. The minimum absolute atomic E-state index is 0.0164. The van der Waals surface area contributed by atoms with Crippen LogP contribution in [0.3, 0.4) is 0 Å². The summed E-state index contributed by atoms with van der Waals surface area (Å²) in [4.78, 5) is 24.7. The molecule has 2 rings (SSSR count). The van der Waals surface area contributed by atoms with E-state index in [1.807, 2.05) is 13.8 Å². The van der Waals surface area contributed by atoms with Crippen LogP contribution < -0.4 is 5.32 Å². The fourth-order valence-electron chi connectivity index (χ4n) is 2.30. The molecule has 1 aliphatic rings. The standard InChI is InChI=1S/C13H16ClN3O3/c1-8-7-16(9(2)6-15-8)13(18)11-5-10(14)3-4-12(11)17(19)20/h3-5,8-9,15H,6-7H2,1-2H3. The van der Waals surface area contributed by atoms with Crippen molar-refractivity contribution in [2.24, 2.45) is 0 Å². The van der Waals surface area contributed by atoms with Crippen molar-refractivity contribution in [2.45, 2.75) is 25.9 Å². The zero-order valence-electron chi connectivity index (χ0n) is 11.3. The van der Waals surface area contributed by atoms with E-state index in [1.165, 1.54) is 18.2 Å². The second kappa shape index (κ2) is 5.76. The number of nitro benzene ring substituents is 1. The first-order valence-corrected chi connectivity index (χ1v) is 6.76. The molecule has 1 N–H and O–H groups in total. The molecule has 1 aliphatic heterocycles. The summed E-state index contributed by atoms with van der Waals surface area (Å²) in [5, 5.41) is 14.6. The average molecular weight is 298 g/mol. The summed E-state index contributed by atoms with van der Waals surface area (Å²) < 4.78 is 0. The summed E-state index contributed by atoms with van der Waals surface area (Å²) in [5.41, 5.74) is -0.166. The number of rotatable bonds is 2. The monoisotopic (exact) mass is 297 g/mol. The SMILES string of the molecule is CC1CN(C(=O)c2cc(Cl)ccc2[N+](=O)[O-])C(C)CN1. The average Bonchev–Trinajstić information content (AvgIpc) is 2.40. The third-order valence-corrected chi connectivity index (χ3v) is 3.65. The summed E-state index contributed by atoms with van der Waals surface area (Å²) in [6.45, 7) is 5.07. The van der Waals surface area contributed by atoms with Crippen LogP contribution in [-0.2, 0) is 0 Å². The maximum atomic E-state index is 12.6. The number of carbonyl (C=O) groups is 1. The van der Waals surface area contributed by atoms with Gasteiger partial charge in [0.25, 0.3) is 11.6 Å². The second-order valence-electron chi connectivity index (χ2n) is 5.03. The van der Waals surface area contributed by atoms with Gasteiger partial charge in [-0.05, 0) is 26.0 Å². The Bertz CT molecular complexity index is 550. The van der Waals surface area contributed by atoms with E-state index in [9.17, 15) is 14.9 Å². The van der Waals surface area contributed by atoms with Gasteiger partial charge in [-0.2, -0.15) is 0 Å². The summed E-state index contributed by atoms with van der Waals surface area (Å²) in [7, 11) is 0. The second-order valence-corrected chi connectivity index (χ2v) is 5.47. The maximum absolute atomic E-state index is 12.6. The van der Waals surface area contributed by atoms with Crippen LogP contribution in [0.25, 0.3) is 0 Å². The molecule has 0 spiro atoms. The lowest BCUT2D eigenvalue weighted by Crippen LogP contribution is -2.56. The third kappa shape index (κ3) is 2.91. The van der Waals surface area contributed by atoms with Crippen molar-refractivity contribution in [2.75, 3.05) is 13.1 Å². The van der Waals surface area contributed by atoms with Crippen molar-refractivity contribution in [3.05, 3.63) is 38.9 Å². The van der Waals surface area contributed by atoms with E-state index in [-0.39, 0.29) is 29.2 Å². The third-order valence-electron chi connectivity index (χ3n) is 3.41. The molecule has 108 valence electrons. The molecule has 7 heteroatoms. The summed E-state index contributed by atoms with van der Waals surface area (Å²) >= 11 is 5.86. The molecule has 20 heavy (non-hydrogen) atoms. The highest BCUT2D eigenvalue weighted by Crippen LogP contribution is 2.25. The Morgan fingerprint density at radius 2 is 2.20 bits per heavy atom. The predicted octanol–water partition coefficient (Wildman–Crippen LogP) is 2.07. The number of hydrogen-bond acceptors (Lipinski definition) is 4. The smallest absolute Gasteiger partial charge is 0.282 e. The van der Waals surface area contributed by atoms with E-state index < -0.39 is 4.92 Å². The number of hydrogen-bond donors (Lipinski definition) is 1. The van der Waals surface area contributed by atoms with Gasteiger partial charge in [0.15, 0.2) is 0 Å². The van der Waals surface area contributed by atoms with Gasteiger partial charge in [-0.15, -0.1) is 0 Å². The van der Waals surface area contributed by atoms with Gasteiger partial charge < -0.3 is 10.2 Å². The summed E-state index contributed by atoms with van der Waals surface area (Å²) in [5.74, 6) is -0.347. The predicted molar refractivity (Wildman–Crippen MR) is 76.1 cm³/mol. The zero-order chi connectivity index (χ0) is 14.9. The molecule has 1 fully saturated rings. The van der Waals surface area contributed by atoms with Crippen LogP contribution in [0.5, 0.6) is 0 Å². The molecule has 1 aromatic rings. The molecule has 2 atom stereocenters. The van der Waals surface area contributed by atoms with Crippen LogP contribution in [0, 0.1) is 10.1 Å². The number of halogens is 1. The Hall–Kier alpha value is -1.66. The molecule has 0 aromatic heterocycles. The number of nitrogens with zero attached hydrogens (tertiary/aromatic N) is 2. The Kier molecular flexibility index (Phi) is 4.25. The minimum Gasteiger partial charge on any atom is -0.333 e. The quantitative estimate of drug-likeness (QED) is 0.670. The highest BCUT2D eigenvalue weighted by Gasteiger charge is 2.31. The van der Waals surface area contributed by atoms with Crippen molar-refractivity contribution in [1.29, 1.82) is 0 Å².